The molecule has 18 heavy (non-hydrogen) atoms. The third kappa shape index (κ3) is 5.76. The fourth-order valence-electron chi connectivity index (χ4n) is 1.24. The predicted molar refractivity (Wildman–Crippen MR) is 69.3 cm³/mol. The minimum atomic E-state index is -0.737. The van der Waals surface area contributed by atoms with Gasteiger partial charge >= 0.3 is 0 Å². The fraction of sp³-hybridized carbons (Fsp3) is 0.900. The van der Waals surface area contributed by atoms with E-state index in [4.69, 9.17) is 5.11 Å². The third-order valence-corrected chi connectivity index (χ3v) is 3.27. The molecule has 7 nitrogen and oxygen atoms in total. The lowest BCUT2D eigenvalue weighted by Crippen LogP contribution is -2.24. The number of nitrogens with zero attached hydrogens (tertiary/aromatic N) is 4. The molecule has 0 amide bonds. The molecule has 0 aliphatic carbocycles. The minimum absolute atomic E-state index is 0.246. The van der Waals surface area contributed by atoms with Gasteiger partial charge in [-0.2, -0.15) is 0 Å². The average molecular weight is 275 g/mol. The third-order valence-electron chi connectivity index (χ3n) is 2.17. The highest BCUT2D eigenvalue weighted by molar-refractivity contribution is 7.99. The maximum Gasteiger partial charge on any atom is 0.209 e. The summed E-state index contributed by atoms with van der Waals surface area (Å²) in [5, 5.41) is 33.3. The first-order chi connectivity index (χ1) is 8.63. The first-order valence-electron chi connectivity index (χ1n) is 6.02. The number of rotatable bonds is 9. The zero-order valence-corrected chi connectivity index (χ0v) is 11.6. The molecule has 0 saturated heterocycles. The van der Waals surface area contributed by atoms with Crippen LogP contribution in [0.15, 0.2) is 5.16 Å². The van der Waals surface area contributed by atoms with E-state index in [1.165, 1.54) is 11.8 Å². The molecular weight excluding hydrogens is 254 g/mol. The topological polar surface area (TPSA) is 96.1 Å². The van der Waals surface area contributed by atoms with E-state index in [0.29, 0.717) is 23.4 Å². The monoisotopic (exact) mass is 275 g/mol. The lowest BCUT2D eigenvalue weighted by molar-refractivity contribution is 0.113. The standard InChI is InChI=1S/C10H21N5O2S/c1-8(2)5-11-3-4-15-10(12-13-14-15)18-7-9(17)6-16/h8-9,11,16-17H,3-7H2,1-2H3. The molecule has 0 fully saturated rings. The van der Waals surface area contributed by atoms with Crippen molar-refractivity contribution < 1.29 is 10.2 Å². The van der Waals surface area contributed by atoms with Crippen molar-refractivity contribution in [2.24, 2.45) is 5.92 Å². The summed E-state index contributed by atoms with van der Waals surface area (Å²) in [5.41, 5.74) is 0. The van der Waals surface area contributed by atoms with Gasteiger partial charge in [0.05, 0.1) is 19.3 Å². The number of aromatic nitrogens is 4. The van der Waals surface area contributed by atoms with E-state index < -0.39 is 6.10 Å². The van der Waals surface area contributed by atoms with Crippen molar-refractivity contribution >= 4 is 11.8 Å². The molecule has 3 N–H and O–H groups in total. The summed E-state index contributed by atoms with van der Waals surface area (Å²) < 4.78 is 1.70. The van der Waals surface area contributed by atoms with Gasteiger partial charge in [0.2, 0.25) is 5.16 Å². The van der Waals surface area contributed by atoms with Gasteiger partial charge in [0.15, 0.2) is 0 Å². The molecule has 1 aromatic rings. The van der Waals surface area contributed by atoms with E-state index in [1.807, 2.05) is 0 Å². The average Bonchev–Trinajstić information content (AvgIpc) is 2.79. The van der Waals surface area contributed by atoms with Crippen molar-refractivity contribution in [2.75, 3.05) is 25.4 Å². The van der Waals surface area contributed by atoms with E-state index >= 15 is 0 Å². The molecule has 8 heteroatoms. The van der Waals surface area contributed by atoms with Crippen LogP contribution in [0.1, 0.15) is 13.8 Å². The van der Waals surface area contributed by atoms with E-state index in [0.717, 1.165) is 13.1 Å². The molecule has 1 unspecified atom stereocenters. The summed E-state index contributed by atoms with van der Waals surface area (Å²) in [7, 11) is 0. The second-order valence-electron chi connectivity index (χ2n) is 4.43. The van der Waals surface area contributed by atoms with E-state index in [2.05, 4.69) is 34.7 Å². The number of hydrogen-bond acceptors (Lipinski definition) is 7. The molecule has 1 aromatic heterocycles. The number of aliphatic hydroxyl groups excluding tert-OH is 2. The molecule has 1 heterocycles. The van der Waals surface area contributed by atoms with Gasteiger partial charge in [0, 0.05) is 12.3 Å². The summed E-state index contributed by atoms with van der Waals surface area (Å²) in [4.78, 5) is 0. The Balaban J connectivity index is 2.31. The van der Waals surface area contributed by atoms with Crippen LogP contribution in [-0.2, 0) is 6.54 Å². The molecule has 0 saturated carbocycles. The largest absolute Gasteiger partial charge is 0.394 e. The first kappa shape index (κ1) is 15.4. The minimum Gasteiger partial charge on any atom is -0.394 e. The van der Waals surface area contributed by atoms with E-state index in [1.54, 1.807) is 4.68 Å². The Kier molecular flexibility index (Phi) is 7.18. The lowest BCUT2D eigenvalue weighted by atomic mass is 10.2. The Morgan fingerprint density at radius 1 is 1.44 bits per heavy atom. The zero-order chi connectivity index (χ0) is 13.4. The molecular formula is C10H21N5O2S. The lowest BCUT2D eigenvalue weighted by Gasteiger charge is -2.09. The fourth-order valence-corrected chi connectivity index (χ4v) is 2.06. The Bertz CT molecular complexity index is 334. The normalized spacial score (nSPS) is 13.2. The number of thioether (sulfide) groups is 1. The maximum atomic E-state index is 9.26. The van der Waals surface area contributed by atoms with Gasteiger partial charge in [0.1, 0.15) is 0 Å². The van der Waals surface area contributed by atoms with Crippen LogP contribution in [0.5, 0.6) is 0 Å². The number of aliphatic hydroxyl groups is 2. The predicted octanol–water partition coefficient (Wildman–Crippen LogP) is -0.636. The SMILES string of the molecule is CC(C)CNCCn1nnnc1SCC(O)CO. The summed E-state index contributed by atoms with van der Waals surface area (Å²) in [6, 6.07) is 0. The van der Waals surface area contributed by atoms with Crippen LogP contribution < -0.4 is 5.32 Å². The van der Waals surface area contributed by atoms with Gasteiger partial charge in [-0.25, -0.2) is 4.68 Å². The van der Waals surface area contributed by atoms with Crippen molar-refractivity contribution in [3.63, 3.8) is 0 Å². The van der Waals surface area contributed by atoms with Crippen LogP contribution in [0.4, 0.5) is 0 Å². The quantitative estimate of drug-likeness (QED) is 0.407. The van der Waals surface area contributed by atoms with E-state index in [-0.39, 0.29) is 6.61 Å². The smallest absolute Gasteiger partial charge is 0.209 e. The highest BCUT2D eigenvalue weighted by Crippen LogP contribution is 2.14. The molecule has 0 radical (unpaired) electrons. The molecule has 1 atom stereocenters. The van der Waals surface area contributed by atoms with Gasteiger partial charge in [-0.1, -0.05) is 25.6 Å². The number of hydrogen-bond donors (Lipinski definition) is 3. The highest BCUT2D eigenvalue weighted by atomic mass is 32.2. The number of nitrogens with one attached hydrogen (secondary N) is 1. The molecule has 0 spiro atoms. The Morgan fingerprint density at radius 3 is 2.89 bits per heavy atom. The molecule has 0 aliphatic rings. The van der Waals surface area contributed by atoms with Crippen molar-refractivity contribution in [2.45, 2.75) is 31.7 Å². The van der Waals surface area contributed by atoms with Gasteiger partial charge in [-0.3, -0.25) is 0 Å². The maximum absolute atomic E-state index is 9.26. The molecule has 0 bridgehead atoms. The Labute approximate surface area is 111 Å². The van der Waals surface area contributed by atoms with Crippen LogP contribution in [0.2, 0.25) is 0 Å². The second-order valence-corrected chi connectivity index (χ2v) is 5.42. The van der Waals surface area contributed by atoms with Crippen molar-refractivity contribution in [1.29, 1.82) is 0 Å². The van der Waals surface area contributed by atoms with Crippen LogP contribution in [0.25, 0.3) is 0 Å². The zero-order valence-electron chi connectivity index (χ0n) is 10.8. The van der Waals surface area contributed by atoms with Gasteiger partial charge in [0.25, 0.3) is 0 Å². The van der Waals surface area contributed by atoms with E-state index in [9.17, 15) is 5.11 Å². The molecule has 104 valence electrons. The summed E-state index contributed by atoms with van der Waals surface area (Å²) in [6.45, 7) is 6.53. The molecule has 0 aromatic carbocycles. The number of tetrazole rings is 1. The summed E-state index contributed by atoms with van der Waals surface area (Å²) in [6.07, 6.45) is -0.737. The first-order valence-corrected chi connectivity index (χ1v) is 7.00. The van der Waals surface area contributed by atoms with Crippen LogP contribution in [0, 0.1) is 5.92 Å². The van der Waals surface area contributed by atoms with Gasteiger partial charge < -0.3 is 15.5 Å². The van der Waals surface area contributed by atoms with Crippen LogP contribution in [-0.4, -0.2) is 62.0 Å². The van der Waals surface area contributed by atoms with Crippen molar-refractivity contribution in [1.82, 2.24) is 25.5 Å². The van der Waals surface area contributed by atoms with Crippen LogP contribution >= 0.6 is 11.8 Å². The Hall–Kier alpha value is -0.700. The van der Waals surface area contributed by atoms with Crippen molar-refractivity contribution in [3.8, 4) is 0 Å². The Morgan fingerprint density at radius 2 is 2.22 bits per heavy atom. The summed E-state index contributed by atoms with van der Waals surface area (Å²) >= 11 is 1.34. The van der Waals surface area contributed by atoms with Crippen molar-refractivity contribution in [3.05, 3.63) is 0 Å². The second kappa shape index (κ2) is 8.41. The van der Waals surface area contributed by atoms with Crippen LogP contribution in [0.3, 0.4) is 0 Å². The molecule has 0 aliphatic heterocycles. The summed E-state index contributed by atoms with van der Waals surface area (Å²) in [5.74, 6) is 1.00. The highest BCUT2D eigenvalue weighted by Gasteiger charge is 2.09. The van der Waals surface area contributed by atoms with Gasteiger partial charge in [-0.05, 0) is 22.9 Å². The van der Waals surface area contributed by atoms with Gasteiger partial charge in [-0.15, -0.1) is 5.10 Å². The molecule has 1 rings (SSSR count).